The van der Waals surface area contributed by atoms with Crippen LogP contribution in [0.15, 0.2) is 12.4 Å². The SMILES string of the molecule is CCCCCCCCCCCCCN1C=CN(CCCCCCCCCCCCC)C1CCCC. The van der Waals surface area contributed by atoms with Crippen LogP contribution in [0, 0.1) is 0 Å². The summed E-state index contributed by atoms with van der Waals surface area (Å²) >= 11 is 0. The van der Waals surface area contributed by atoms with Gasteiger partial charge in [-0.3, -0.25) is 0 Å². The second-order valence-electron chi connectivity index (χ2n) is 11.5. The highest BCUT2D eigenvalue weighted by Crippen LogP contribution is 2.23. The molecule has 0 aliphatic carbocycles. The number of nitrogens with zero attached hydrogens (tertiary/aromatic N) is 2. The van der Waals surface area contributed by atoms with Gasteiger partial charge in [-0.15, -0.1) is 0 Å². The van der Waals surface area contributed by atoms with Crippen LogP contribution in [0.25, 0.3) is 0 Å². The molecule has 1 aliphatic heterocycles. The molecule has 0 atom stereocenters. The maximum absolute atomic E-state index is 2.67. The van der Waals surface area contributed by atoms with Crippen molar-refractivity contribution >= 4 is 0 Å². The van der Waals surface area contributed by atoms with E-state index in [1.54, 1.807) is 0 Å². The first-order valence-corrected chi connectivity index (χ1v) is 16.5. The molecule has 35 heavy (non-hydrogen) atoms. The topological polar surface area (TPSA) is 6.48 Å². The van der Waals surface area contributed by atoms with Crippen molar-refractivity contribution < 1.29 is 0 Å². The Morgan fingerprint density at radius 3 is 0.971 bits per heavy atom. The summed E-state index contributed by atoms with van der Waals surface area (Å²) in [5, 5.41) is 0. The van der Waals surface area contributed by atoms with E-state index in [0.717, 1.165) is 0 Å². The zero-order valence-electron chi connectivity index (χ0n) is 24.7. The predicted molar refractivity (Wildman–Crippen MR) is 159 cm³/mol. The van der Waals surface area contributed by atoms with E-state index in [9.17, 15) is 0 Å². The molecule has 0 unspecified atom stereocenters. The summed E-state index contributed by atoms with van der Waals surface area (Å²) in [6.07, 6.45) is 41.0. The van der Waals surface area contributed by atoms with Crippen LogP contribution in [0.2, 0.25) is 0 Å². The van der Waals surface area contributed by atoms with E-state index >= 15 is 0 Å². The van der Waals surface area contributed by atoms with Gasteiger partial charge in [0.2, 0.25) is 0 Å². The van der Waals surface area contributed by atoms with Gasteiger partial charge in [0.05, 0.1) is 0 Å². The molecule has 0 aromatic rings. The lowest BCUT2D eigenvalue weighted by Crippen LogP contribution is -2.39. The molecule has 0 saturated heterocycles. The minimum atomic E-state index is 0.640. The van der Waals surface area contributed by atoms with Crippen molar-refractivity contribution in [1.29, 1.82) is 0 Å². The normalized spacial score (nSPS) is 14.0. The number of rotatable bonds is 27. The van der Waals surface area contributed by atoms with E-state index in [4.69, 9.17) is 0 Å². The van der Waals surface area contributed by atoms with Crippen molar-refractivity contribution in [3.8, 4) is 0 Å². The highest BCUT2D eigenvalue weighted by molar-refractivity contribution is 4.96. The van der Waals surface area contributed by atoms with Crippen LogP contribution in [0.1, 0.15) is 181 Å². The van der Waals surface area contributed by atoms with Gasteiger partial charge in [0.15, 0.2) is 0 Å². The molecular weight excluding hydrogens is 424 g/mol. The summed E-state index contributed by atoms with van der Waals surface area (Å²) < 4.78 is 0. The van der Waals surface area contributed by atoms with Crippen LogP contribution in [-0.4, -0.2) is 29.1 Å². The van der Waals surface area contributed by atoms with E-state index in [2.05, 4.69) is 43.0 Å². The van der Waals surface area contributed by atoms with Crippen LogP contribution in [-0.2, 0) is 0 Å². The lowest BCUT2D eigenvalue weighted by molar-refractivity contribution is 0.136. The Bertz CT molecular complexity index is 410. The minimum Gasteiger partial charge on any atom is -0.356 e. The Balaban J connectivity index is 2.06. The Morgan fingerprint density at radius 1 is 0.371 bits per heavy atom. The summed E-state index contributed by atoms with van der Waals surface area (Å²) in [5.41, 5.74) is 0. The van der Waals surface area contributed by atoms with Crippen LogP contribution < -0.4 is 0 Å². The molecule has 1 heterocycles. The maximum Gasteiger partial charge on any atom is 0.101 e. The summed E-state index contributed by atoms with van der Waals surface area (Å²) in [5.74, 6) is 0. The third kappa shape index (κ3) is 18.3. The average molecular weight is 491 g/mol. The molecule has 0 fully saturated rings. The molecular formula is C33H66N2. The fraction of sp³-hybridized carbons (Fsp3) is 0.939. The molecule has 2 nitrogen and oxygen atoms in total. The largest absolute Gasteiger partial charge is 0.356 e. The number of hydrogen-bond acceptors (Lipinski definition) is 2. The minimum absolute atomic E-state index is 0.640. The predicted octanol–water partition coefficient (Wildman–Crippen LogP) is 11.2. The van der Waals surface area contributed by atoms with Crippen molar-refractivity contribution in [1.82, 2.24) is 9.80 Å². The van der Waals surface area contributed by atoms with Gasteiger partial charge in [-0.05, 0) is 25.7 Å². The fourth-order valence-electron chi connectivity index (χ4n) is 5.64. The third-order valence-corrected chi connectivity index (χ3v) is 8.07. The molecule has 0 aromatic carbocycles. The van der Waals surface area contributed by atoms with E-state index in [-0.39, 0.29) is 0 Å². The summed E-state index contributed by atoms with van der Waals surface area (Å²) in [6.45, 7) is 9.47. The third-order valence-electron chi connectivity index (χ3n) is 8.07. The molecule has 0 spiro atoms. The zero-order chi connectivity index (χ0) is 25.2. The number of unbranched alkanes of at least 4 members (excludes halogenated alkanes) is 21. The first kappa shape index (κ1) is 32.4. The average Bonchev–Trinajstić information content (AvgIpc) is 3.25. The highest BCUT2D eigenvalue weighted by atomic mass is 15.4. The molecule has 0 radical (unpaired) electrons. The Labute approximate surface area is 222 Å². The van der Waals surface area contributed by atoms with Gasteiger partial charge >= 0.3 is 0 Å². The van der Waals surface area contributed by atoms with Crippen molar-refractivity contribution in [2.24, 2.45) is 0 Å². The molecule has 1 aliphatic rings. The van der Waals surface area contributed by atoms with Gasteiger partial charge < -0.3 is 9.80 Å². The van der Waals surface area contributed by atoms with Crippen LogP contribution in [0.3, 0.4) is 0 Å². The molecule has 0 N–H and O–H groups in total. The molecule has 208 valence electrons. The monoisotopic (exact) mass is 491 g/mol. The van der Waals surface area contributed by atoms with E-state index in [1.807, 2.05) is 0 Å². The van der Waals surface area contributed by atoms with Gasteiger partial charge in [0, 0.05) is 25.5 Å². The van der Waals surface area contributed by atoms with Crippen LogP contribution in [0.5, 0.6) is 0 Å². The smallest absolute Gasteiger partial charge is 0.101 e. The van der Waals surface area contributed by atoms with E-state index in [1.165, 1.54) is 174 Å². The molecule has 0 amide bonds. The Morgan fingerprint density at radius 2 is 0.657 bits per heavy atom. The Hall–Kier alpha value is -0.660. The van der Waals surface area contributed by atoms with Gasteiger partial charge in [-0.2, -0.15) is 0 Å². The standard InChI is InChI=1S/C33H66N2/c1-4-7-10-12-14-16-18-20-22-24-26-29-34-31-32-35(33(34)28-9-6-3)30-27-25-23-21-19-17-15-13-11-8-5-2/h31-33H,4-30H2,1-3H3. The molecule has 0 bridgehead atoms. The highest BCUT2D eigenvalue weighted by Gasteiger charge is 2.24. The second-order valence-corrected chi connectivity index (χ2v) is 11.5. The molecule has 0 saturated carbocycles. The van der Waals surface area contributed by atoms with E-state index in [0.29, 0.717) is 6.17 Å². The first-order valence-electron chi connectivity index (χ1n) is 16.5. The number of hydrogen-bond donors (Lipinski definition) is 0. The van der Waals surface area contributed by atoms with Crippen molar-refractivity contribution in [3.63, 3.8) is 0 Å². The molecule has 1 rings (SSSR count). The fourth-order valence-corrected chi connectivity index (χ4v) is 5.64. The lowest BCUT2D eigenvalue weighted by atomic mass is 10.1. The first-order chi connectivity index (χ1) is 17.3. The summed E-state index contributed by atoms with van der Waals surface area (Å²) in [7, 11) is 0. The quantitative estimate of drug-likeness (QED) is 0.106. The van der Waals surface area contributed by atoms with Gasteiger partial charge in [0.1, 0.15) is 6.17 Å². The van der Waals surface area contributed by atoms with Crippen molar-refractivity contribution in [3.05, 3.63) is 12.4 Å². The van der Waals surface area contributed by atoms with Crippen LogP contribution in [0.4, 0.5) is 0 Å². The van der Waals surface area contributed by atoms with Crippen molar-refractivity contribution in [2.45, 2.75) is 187 Å². The van der Waals surface area contributed by atoms with Crippen molar-refractivity contribution in [2.75, 3.05) is 13.1 Å². The lowest BCUT2D eigenvalue weighted by Gasteiger charge is -2.33. The Kier molecular flexibility index (Phi) is 23.1. The zero-order valence-corrected chi connectivity index (χ0v) is 24.7. The maximum atomic E-state index is 2.67. The van der Waals surface area contributed by atoms with Gasteiger partial charge in [0.25, 0.3) is 0 Å². The summed E-state index contributed by atoms with van der Waals surface area (Å²) in [6, 6.07) is 0. The van der Waals surface area contributed by atoms with Gasteiger partial charge in [-0.1, -0.05) is 156 Å². The summed E-state index contributed by atoms with van der Waals surface area (Å²) in [4.78, 5) is 5.34. The van der Waals surface area contributed by atoms with E-state index < -0.39 is 0 Å². The molecule has 2 heteroatoms. The van der Waals surface area contributed by atoms with Crippen LogP contribution >= 0.6 is 0 Å². The second kappa shape index (κ2) is 25.0. The molecule has 0 aromatic heterocycles. The van der Waals surface area contributed by atoms with Gasteiger partial charge in [-0.25, -0.2) is 0 Å².